The van der Waals surface area contributed by atoms with Gasteiger partial charge in [0, 0.05) is 12.1 Å². The molecule has 0 bridgehead atoms. The summed E-state index contributed by atoms with van der Waals surface area (Å²) in [6.45, 7) is 4.81. The van der Waals surface area contributed by atoms with Crippen LogP contribution in [0.3, 0.4) is 0 Å². The zero-order chi connectivity index (χ0) is 12.2. The van der Waals surface area contributed by atoms with Crippen LogP contribution in [-0.2, 0) is 5.60 Å². The van der Waals surface area contributed by atoms with Crippen LogP contribution < -0.4 is 5.32 Å². The summed E-state index contributed by atoms with van der Waals surface area (Å²) in [6, 6.07) is 4.94. The molecule has 0 aliphatic carbocycles. The van der Waals surface area contributed by atoms with Crippen molar-refractivity contribution in [1.82, 2.24) is 5.32 Å². The average molecular weight is 290 g/mol. The molecule has 1 unspecified atom stereocenters. The molecule has 90 valence electrons. The SMILES string of the molecule is CCCNCC(C)(O)c1cccc(Br)c1F. The van der Waals surface area contributed by atoms with Crippen molar-refractivity contribution in [2.24, 2.45) is 0 Å². The molecule has 0 saturated carbocycles. The van der Waals surface area contributed by atoms with Crippen LogP contribution in [0.25, 0.3) is 0 Å². The molecule has 0 aliphatic heterocycles. The second-order valence-electron chi connectivity index (χ2n) is 4.05. The number of nitrogens with one attached hydrogen (secondary N) is 1. The van der Waals surface area contributed by atoms with Crippen molar-refractivity contribution >= 4 is 15.9 Å². The summed E-state index contributed by atoms with van der Waals surface area (Å²) in [7, 11) is 0. The van der Waals surface area contributed by atoms with Gasteiger partial charge in [0.05, 0.1) is 4.47 Å². The van der Waals surface area contributed by atoms with E-state index in [1.807, 2.05) is 6.92 Å². The highest BCUT2D eigenvalue weighted by atomic mass is 79.9. The average Bonchev–Trinajstić information content (AvgIpc) is 2.22. The summed E-state index contributed by atoms with van der Waals surface area (Å²) in [5.74, 6) is -0.397. The highest BCUT2D eigenvalue weighted by molar-refractivity contribution is 9.10. The number of benzene rings is 1. The van der Waals surface area contributed by atoms with Crippen LogP contribution in [0.4, 0.5) is 4.39 Å². The van der Waals surface area contributed by atoms with Gasteiger partial charge in [-0.3, -0.25) is 0 Å². The summed E-state index contributed by atoms with van der Waals surface area (Å²) in [6.07, 6.45) is 0.983. The van der Waals surface area contributed by atoms with Gasteiger partial charge in [0.2, 0.25) is 0 Å². The molecule has 0 spiro atoms. The molecule has 2 nitrogen and oxygen atoms in total. The highest BCUT2D eigenvalue weighted by Gasteiger charge is 2.26. The topological polar surface area (TPSA) is 32.3 Å². The lowest BCUT2D eigenvalue weighted by Crippen LogP contribution is -2.36. The first-order valence-corrected chi connectivity index (χ1v) is 6.16. The predicted molar refractivity (Wildman–Crippen MR) is 66.8 cm³/mol. The van der Waals surface area contributed by atoms with Crippen LogP contribution in [0.5, 0.6) is 0 Å². The Balaban J connectivity index is 2.84. The first-order valence-electron chi connectivity index (χ1n) is 5.36. The van der Waals surface area contributed by atoms with Gasteiger partial charge in [-0.1, -0.05) is 19.1 Å². The van der Waals surface area contributed by atoms with Crippen LogP contribution in [0.15, 0.2) is 22.7 Å². The molecule has 0 fully saturated rings. The van der Waals surface area contributed by atoms with Gasteiger partial charge in [-0.15, -0.1) is 0 Å². The maximum atomic E-state index is 13.8. The standard InChI is InChI=1S/C12H17BrFNO/c1-3-7-15-8-12(2,16)9-5-4-6-10(13)11(9)14/h4-6,15-16H,3,7-8H2,1-2H3. The molecule has 0 aromatic heterocycles. The minimum Gasteiger partial charge on any atom is -0.384 e. The quantitative estimate of drug-likeness (QED) is 0.817. The van der Waals surface area contributed by atoms with Crippen LogP contribution in [0.2, 0.25) is 0 Å². The van der Waals surface area contributed by atoms with Gasteiger partial charge in [-0.25, -0.2) is 4.39 Å². The fourth-order valence-electron chi connectivity index (χ4n) is 1.52. The van der Waals surface area contributed by atoms with E-state index in [0.29, 0.717) is 16.6 Å². The van der Waals surface area contributed by atoms with E-state index in [9.17, 15) is 9.50 Å². The number of rotatable bonds is 5. The molecule has 1 rings (SSSR count). The van der Waals surface area contributed by atoms with E-state index < -0.39 is 11.4 Å². The third-order valence-corrected chi connectivity index (χ3v) is 3.04. The van der Waals surface area contributed by atoms with E-state index >= 15 is 0 Å². The Kier molecular flexibility index (Phi) is 4.89. The summed E-state index contributed by atoms with van der Waals surface area (Å²) in [5, 5.41) is 13.3. The first-order chi connectivity index (χ1) is 7.49. The fraction of sp³-hybridized carbons (Fsp3) is 0.500. The van der Waals surface area contributed by atoms with Crippen LogP contribution in [0.1, 0.15) is 25.8 Å². The predicted octanol–water partition coefficient (Wildman–Crippen LogP) is 2.80. The van der Waals surface area contributed by atoms with Crippen molar-refractivity contribution in [2.45, 2.75) is 25.9 Å². The summed E-state index contributed by atoms with van der Waals surface area (Å²) in [4.78, 5) is 0. The molecule has 0 aliphatic rings. The molecule has 2 N–H and O–H groups in total. The largest absolute Gasteiger partial charge is 0.384 e. The van der Waals surface area contributed by atoms with Gasteiger partial charge >= 0.3 is 0 Å². The van der Waals surface area contributed by atoms with Gasteiger partial charge < -0.3 is 10.4 Å². The maximum absolute atomic E-state index is 13.8. The Bertz CT molecular complexity index is 355. The smallest absolute Gasteiger partial charge is 0.143 e. The van der Waals surface area contributed by atoms with Crippen LogP contribution in [-0.4, -0.2) is 18.2 Å². The molecule has 1 atom stereocenters. The van der Waals surface area contributed by atoms with Gasteiger partial charge in [-0.2, -0.15) is 0 Å². The first kappa shape index (κ1) is 13.6. The second-order valence-corrected chi connectivity index (χ2v) is 4.91. The van der Waals surface area contributed by atoms with Crippen molar-refractivity contribution in [3.8, 4) is 0 Å². The van der Waals surface area contributed by atoms with E-state index in [0.717, 1.165) is 13.0 Å². The van der Waals surface area contributed by atoms with Gasteiger partial charge in [0.15, 0.2) is 0 Å². The summed E-state index contributed by atoms with van der Waals surface area (Å²) in [5.41, 5.74) is -0.881. The molecule has 0 heterocycles. The third-order valence-electron chi connectivity index (χ3n) is 2.43. The lowest BCUT2D eigenvalue weighted by atomic mass is 9.95. The lowest BCUT2D eigenvalue weighted by molar-refractivity contribution is 0.0533. The van der Waals surface area contributed by atoms with E-state index in [1.165, 1.54) is 0 Å². The molecule has 0 saturated heterocycles. The van der Waals surface area contributed by atoms with Gasteiger partial charge in [0.25, 0.3) is 0 Å². The van der Waals surface area contributed by atoms with Crippen molar-refractivity contribution in [3.63, 3.8) is 0 Å². The maximum Gasteiger partial charge on any atom is 0.143 e. The van der Waals surface area contributed by atoms with Crippen molar-refractivity contribution in [2.75, 3.05) is 13.1 Å². The third kappa shape index (κ3) is 3.27. The number of aliphatic hydroxyl groups is 1. The molecule has 16 heavy (non-hydrogen) atoms. The van der Waals surface area contributed by atoms with Crippen molar-refractivity contribution in [1.29, 1.82) is 0 Å². The molecule has 0 radical (unpaired) electrons. The zero-order valence-electron chi connectivity index (χ0n) is 9.56. The molecule has 0 amide bonds. The van der Waals surface area contributed by atoms with E-state index in [1.54, 1.807) is 25.1 Å². The van der Waals surface area contributed by atoms with Crippen molar-refractivity contribution in [3.05, 3.63) is 34.1 Å². The molecule has 1 aromatic rings. The zero-order valence-corrected chi connectivity index (χ0v) is 11.1. The van der Waals surface area contributed by atoms with E-state index in [2.05, 4.69) is 21.2 Å². The van der Waals surface area contributed by atoms with Crippen LogP contribution in [0, 0.1) is 5.82 Å². The highest BCUT2D eigenvalue weighted by Crippen LogP contribution is 2.27. The second kappa shape index (κ2) is 5.75. The Morgan fingerprint density at radius 2 is 2.19 bits per heavy atom. The molecular formula is C12H17BrFNO. The molecular weight excluding hydrogens is 273 g/mol. The van der Waals surface area contributed by atoms with Crippen LogP contribution >= 0.6 is 15.9 Å². The van der Waals surface area contributed by atoms with Crippen molar-refractivity contribution < 1.29 is 9.50 Å². The number of halogens is 2. The fourth-order valence-corrected chi connectivity index (χ4v) is 1.89. The Labute approximate surface area is 104 Å². The number of hydrogen-bond acceptors (Lipinski definition) is 2. The summed E-state index contributed by atoms with van der Waals surface area (Å²) >= 11 is 3.11. The lowest BCUT2D eigenvalue weighted by Gasteiger charge is -2.25. The Hall–Kier alpha value is -0.450. The summed E-state index contributed by atoms with van der Waals surface area (Å²) < 4.78 is 14.1. The number of hydrogen-bond donors (Lipinski definition) is 2. The van der Waals surface area contributed by atoms with E-state index in [4.69, 9.17) is 0 Å². The van der Waals surface area contributed by atoms with Gasteiger partial charge in [0.1, 0.15) is 11.4 Å². The molecule has 4 heteroatoms. The minimum atomic E-state index is -1.19. The Morgan fingerprint density at radius 3 is 2.81 bits per heavy atom. The van der Waals surface area contributed by atoms with Gasteiger partial charge in [-0.05, 0) is 41.9 Å². The monoisotopic (exact) mass is 289 g/mol. The Morgan fingerprint density at radius 1 is 1.50 bits per heavy atom. The molecule has 1 aromatic carbocycles. The van der Waals surface area contributed by atoms with E-state index in [-0.39, 0.29) is 0 Å². The normalized spacial score (nSPS) is 14.8. The minimum absolute atomic E-state index is 0.311.